The molecule has 0 bridgehead atoms. The molecule has 3 heteroatoms. The van der Waals surface area contributed by atoms with E-state index in [2.05, 4.69) is 88.5 Å². The van der Waals surface area contributed by atoms with Crippen LogP contribution >= 0.6 is 15.9 Å². The predicted molar refractivity (Wildman–Crippen MR) is 90.7 cm³/mol. The highest BCUT2D eigenvalue weighted by atomic mass is 79.9. The summed E-state index contributed by atoms with van der Waals surface area (Å²) < 4.78 is 1.11. The van der Waals surface area contributed by atoms with Gasteiger partial charge in [-0.1, -0.05) is 34.1 Å². The lowest BCUT2D eigenvalue weighted by molar-refractivity contribution is 0.651. The van der Waals surface area contributed by atoms with Gasteiger partial charge in [0.05, 0.1) is 0 Å². The second kappa shape index (κ2) is 6.91. The topological polar surface area (TPSA) is 15.3 Å². The van der Waals surface area contributed by atoms with Crippen LogP contribution in [0.15, 0.2) is 53.0 Å². The molecule has 0 aliphatic heterocycles. The smallest absolute Gasteiger partial charge is 0.0459 e. The molecule has 0 amide bonds. The van der Waals surface area contributed by atoms with E-state index < -0.39 is 0 Å². The molecule has 106 valence electrons. The number of nitrogens with zero attached hydrogens (tertiary/aromatic N) is 1. The van der Waals surface area contributed by atoms with Crippen molar-refractivity contribution >= 4 is 27.3 Å². The molecule has 0 aliphatic rings. The minimum atomic E-state index is 0.306. The largest absolute Gasteiger partial charge is 0.341 e. The van der Waals surface area contributed by atoms with Crippen LogP contribution in [0.4, 0.5) is 11.4 Å². The van der Waals surface area contributed by atoms with E-state index in [9.17, 15) is 0 Å². The third kappa shape index (κ3) is 3.22. The summed E-state index contributed by atoms with van der Waals surface area (Å²) in [6.07, 6.45) is 0. The second-order valence-electron chi connectivity index (χ2n) is 4.79. The minimum absolute atomic E-state index is 0.306. The Morgan fingerprint density at radius 2 is 1.85 bits per heavy atom. The SMILES string of the molecule is CCN(c1ccccc1)c1ccc(Br)cc1C(C)NC. The Bertz CT molecular complexity index is 554. The first-order valence-electron chi connectivity index (χ1n) is 6.96. The van der Waals surface area contributed by atoms with Gasteiger partial charge in [0.15, 0.2) is 0 Å². The number of rotatable bonds is 5. The Hall–Kier alpha value is -1.32. The molecule has 0 radical (unpaired) electrons. The molecule has 20 heavy (non-hydrogen) atoms. The zero-order chi connectivity index (χ0) is 14.5. The first-order valence-corrected chi connectivity index (χ1v) is 7.76. The molecule has 1 unspecified atom stereocenters. The Morgan fingerprint density at radius 1 is 1.15 bits per heavy atom. The summed E-state index contributed by atoms with van der Waals surface area (Å²) >= 11 is 3.57. The maximum absolute atomic E-state index is 3.57. The monoisotopic (exact) mass is 332 g/mol. The van der Waals surface area contributed by atoms with Crippen LogP contribution in [0.1, 0.15) is 25.5 Å². The van der Waals surface area contributed by atoms with Crippen LogP contribution in [0.25, 0.3) is 0 Å². The quantitative estimate of drug-likeness (QED) is 0.838. The summed E-state index contributed by atoms with van der Waals surface area (Å²) in [7, 11) is 1.99. The first kappa shape index (κ1) is 15.1. The molecule has 1 N–H and O–H groups in total. The number of hydrogen-bond donors (Lipinski definition) is 1. The van der Waals surface area contributed by atoms with Crippen LogP contribution in [-0.4, -0.2) is 13.6 Å². The fourth-order valence-electron chi connectivity index (χ4n) is 2.37. The van der Waals surface area contributed by atoms with E-state index in [1.165, 1.54) is 16.9 Å². The Morgan fingerprint density at radius 3 is 2.45 bits per heavy atom. The summed E-state index contributed by atoms with van der Waals surface area (Å²) in [5, 5.41) is 3.33. The number of para-hydroxylation sites is 1. The van der Waals surface area contributed by atoms with Gasteiger partial charge in [-0.15, -0.1) is 0 Å². The molecule has 2 rings (SSSR count). The van der Waals surface area contributed by atoms with Gasteiger partial charge in [0.25, 0.3) is 0 Å². The number of hydrogen-bond acceptors (Lipinski definition) is 2. The van der Waals surface area contributed by atoms with Gasteiger partial charge in [0.2, 0.25) is 0 Å². The summed E-state index contributed by atoms with van der Waals surface area (Å²) in [5.74, 6) is 0. The number of nitrogens with one attached hydrogen (secondary N) is 1. The van der Waals surface area contributed by atoms with E-state index in [1.54, 1.807) is 0 Å². The van der Waals surface area contributed by atoms with E-state index >= 15 is 0 Å². The van der Waals surface area contributed by atoms with Gasteiger partial charge in [-0.05, 0) is 56.8 Å². The lowest BCUT2D eigenvalue weighted by Crippen LogP contribution is -2.21. The van der Waals surface area contributed by atoms with E-state index in [-0.39, 0.29) is 0 Å². The maximum Gasteiger partial charge on any atom is 0.0459 e. The van der Waals surface area contributed by atoms with Crippen molar-refractivity contribution in [1.29, 1.82) is 0 Å². The van der Waals surface area contributed by atoms with Crippen molar-refractivity contribution < 1.29 is 0 Å². The molecule has 0 aliphatic carbocycles. The summed E-state index contributed by atoms with van der Waals surface area (Å²) in [5.41, 5.74) is 3.78. The van der Waals surface area contributed by atoms with E-state index in [1.807, 2.05) is 7.05 Å². The summed E-state index contributed by atoms with van der Waals surface area (Å²) in [6.45, 7) is 5.31. The summed E-state index contributed by atoms with van der Waals surface area (Å²) in [4.78, 5) is 2.34. The maximum atomic E-state index is 3.57. The van der Waals surface area contributed by atoms with Crippen LogP contribution in [0.3, 0.4) is 0 Å². The van der Waals surface area contributed by atoms with E-state index in [0.717, 1.165) is 11.0 Å². The van der Waals surface area contributed by atoms with Crippen molar-refractivity contribution in [3.05, 3.63) is 58.6 Å². The molecule has 0 saturated heterocycles. The van der Waals surface area contributed by atoms with Crippen LogP contribution in [0.5, 0.6) is 0 Å². The molecule has 0 aromatic heterocycles. The first-order chi connectivity index (χ1) is 9.67. The normalized spacial score (nSPS) is 12.2. The minimum Gasteiger partial charge on any atom is -0.341 e. The molecule has 2 aromatic carbocycles. The predicted octanol–water partition coefficient (Wildman–Crippen LogP) is 4.89. The molecule has 1 atom stereocenters. The molecule has 0 spiro atoms. The van der Waals surface area contributed by atoms with Crippen LogP contribution in [0.2, 0.25) is 0 Å². The van der Waals surface area contributed by atoms with Crippen LogP contribution in [0, 0.1) is 0 Å². The fourth-order valence-corrected chi connectivity index (χ4v) is 2.75. The zero-order valence-electron chi connectivity index (χ0n) is 12.2. The van der Waals surface area contributed by atoms with Crippen molar-refractivity contribution in [2.75, 3.05) is 18.5 Å². The van der Waals surface area contributed by atoms with Crippen molar-refractivity contribution in [2.24, 2.45) is 0 Å². The molecule has 0 saturated carbocycles. The fraction of sp³-hybridized carbons (Fsp3) is 0.294. The van der Waals surface area contributed by atoms with Crippen molar-refractivity contribution in [2.45, 2.75) is 19.9 Å². The third-order valence-corrected chi connectivity index (χ3v) is 4.06. The lowest BCUT2D eigenvalue weighted by Gasteiger charge is -2.28. The molecular formula is C17H21BrN2. The summed E-state index contributed by atoms with van der Waals surface area (Å²) in [6, 6.07) is 17.3. The standard InChI is InChI=1S/C17H21BrN2/c1-4-20(15-8-6-5-7-9-15)17-11-10-14(18)12-16(17)13(2)19-3/h5-13,19H,4H2,1-3H3. The third-order valence-electron chi connectivity index (χ3n) is 3.56. The zero-order valence-corrected chi connectivity index (χ0v) is 13.8. The molecule has 0 fully saturated rings. The number of halogens is 1. The van der Waals surface area contributed by atoms with Gasteiger partial charge in [0.1, 0.15) is 0 Å². The Labute approximate surface area is 129 Å². The van der Waals surface area contributed by atoms with Crippen molar-refractivity contribution in [3.8, 4) is 0 Å². The highest BCUT2D eigenvalue weighted by Gasteiger charge is 2.15. The van der Waals surface area contributed by atoms with Crippen molar-refractivity contribution in [1.82, 2.24) is 5.32 Å². The van der Waals surface area contributed by atoms with Gasteiger partial charge in [-0.2, -0.15) is 0 Å². The van der Waals surface area contributed by atoms with Gasteiger partial charge in [-0.25, -0.2) is 0 Å². The molecule has 0 heterocycles. The lowest BCUT2D eigenvalue weighted by atomic mass is 10.0. The number of anilines is 2. The van der Waals surface area contributed by atoms with Crippen LogP contribution in [-0.2, 0) is 0 Å². The second-order valence-corrected chi connectivity index (χ2v) is 5.71. The average Bonchev–Trinajstić information content (AvgIpc) is 2.49. The molecule has 2 nitrogen and oxygen atoms in total. The van der Waals surface area contributed by atoms with Crippen LogP contribution < -0.4 is 10.2 Å². The molecular weight excluding hydrogens is 312 g/mol. The van der Waals surface area contributed by atoms with E-state index in [4.69, 9.17) is 0 Å². The highest BCUT2D eigenvalue weighted by molar-refractivity contribution is 9.10. The average molecular weight is 333 g/mol. The Balaban J connectivity index is 2.49. The number of benzene rings is 2. The highest BCUT2D eigenvalue weighted by Crippen LogP contribution is 2.33. The van der Waals surface area contributed by atoms with Gasteiger partial charge in [-0.3, -0.25) is 0 Å². The van der Waals surface area contributed by atoms with Gasteiger partial charge < -0.3 is 10.2 Å². The van der Waals surface area contributed by atoms with E-state index in [0.29, 0.717) is 6.04 Å². The molecule has 2 aromatic rings. The Kier molecular flexibility index (Phi) is 5.21. The van der Waals surface area contributed by atoms with Crippen molar-refractivity contribution in [3.63, 3.8) is 0 Å². The van der Waals surface area contributed by atoms with Gasteiger partial charge in [0, 0.05) is 28.4 Å². The van der Waals surface area contributed by atoms with Gasteiger partial charge >= 0.3 is 0 Å².